The molecule has 2 saturated carbocycles. The molecule has 1 heteroatoms. The van der Waals surface area contributed by atoms with E-state index in [0.717, 1.165) is 24.2 Å². The lowest BCUT2D eigenvalue weighted by atomic mass is 9.95. The summed E-state index contributed by atoms with van der Waals surface area (Å²) in [5.74, 6) is 3.58. The molecule has 2 aliphatic rings. The molecular weight excluding hydrogens is 208 g/mol. The minimum Gasteiger partial charge on any atom is -0.493 e. The van der Waals surface area contributed by atoms with E-state index < -0.39 is 0 Å². The SMILES string of the molecule is Cc1ccc([C@H](C)C2CC2)cc1OCC1CC1. The average molecular weight is 230 g/mol. The maximum absolute atomic E-state index is 5.95. The maximum Gasteiger partial charge on any atom is 0.122 e. The van der Waals surface area contributed by atoms with Crippen molar-refractivity contribution in [3.63, 3.8) is 0 Å². The lowest BCUT2D eigenvalue weighted by Crippen LogP contribution is -2.02. The Bertz CT molecular complexity index is 402. The van der Waals surface area contributed by atoms with Crippen LogP contribution < -0.4 is 4.74 Å². The third-order valence-corrected chi connectivity index (χ3v) is 4.24. The molecule has 1 aromatic carbocycles. The molecule has 0 N–H and O–H groups in total. The van der Waals surface area contributed by atoms with Crippen LogP contribution in [-0.4, -0.2) is 6.61 Å². The Morgan fingerprint density at radius 2 is 2.00 bits per heavy atom. The summed E-state index contributed by atoms with van der Waals surface area (Å²) in [5, 5.41) is 0. The molecular formula is C16H22O. The lowest BCUT2D eigenvalue weighted by molar-refractivity contribution is 0.297. The van der Waals surface area contributed by atoms with Gasteiger partial charge >= 0.3 is 0 Å². The highest BCUT2D eigenvalue weighted by Gasteiger charge is 2.29. The van der Waals surface area contributed by atoms with Gasteiger partial charge in [0.2, 0.25) is 0 Å². The number of rotatable bonds is 5. The summed E-state index contributed by atoms with van der Waals surface area (Å²) in [6.45, 7) is 5.42. The summed E-state index contributed by atoms with van der Waals surface area (Å²) < 4.78 is 5.95. The topological polar surface area (TPSA) is 9.23 Å². The highest BCUT2D eigenvalue weighted by Crippen LogP contribution is 2.43. The lowest BCUT2D eigenvalue weighted by Gasteiger charge is -2.14. The zero-order chi connectivity index (χ0) is 11.8. The van der Waals surface area contributed by atoms with Gasteiger partial charge in [0.05, 0.1) is 6.61 Å². The van der Waals surface area contributed by atoms with Crippen molar-refractivity contribution in [3.05, 3.63) is 29.3 Å². The van der Waals surface area contributed by atoms with Gasteiger partial charge in [-0.1, -0.05) is 19.1 Å². The van der Waals surface area contributed by atoms with Crippen molar-refractivity contribution < 1.29 is 4.74 Å². The number of ether oxygens (including phenoxy) is 1. The fourth-order valence-corrected chi connectivity index (χ4v) is 2.42. The minimum absolute atomic E-state index is 0.707. The Morgan fingerprint density at radius 3 is 2.65 bits per heavy atom. The van der Waals surface area contributed by atoms with Gasteiger partial charge < -0.3 is 4.74 Å². The predicted molar refractivity (Wildman–Crippen MR) is 70.5 cm³/mol. The average Bonchev–Trinajstić information content (AvgIpc) is 3.18. The van der Waals surface area contributed by atoms with Gasteiger partial charge in [-0.25, -0.2) is 0 Å². The van der Waals surface area contributed by atoms with Crippen LogP contribution in [0.2, 0.25) is 0 Å². The van der Waals surface area contributed by atoms with Crippen molar-refractivity contribution in [2.45, 2.75) is 45.4 Å². The van der Waals surface area contributed by atoms with Crippen molar-refractivity contribution in [1.82, 2.24) is 0 Å². The van der Waals surface area contributed by atoms with Gasteiger partial charge in [-0.05, 0) is 67.6 Å². The molecule has 0 heterocycles. The van der Waals surface area contributed by atoms with Crippen molar-refractivity contribution >= 4 is 0 Å². The smallest absolute Gasteiger partial charge is 0.122 e. The van der Waals surface area contributed by atoms with Crippen molar-refractivity contribution in [3.8, 4) is 5.75 Å². The normalized spacial score (nSPS) is 21.3. The highest BCUT2D eigenvalue weighted by atomic mass is 16.5. The molecule has 17 heavy (non-hydrogen) atoms. The highest BCUT2D eigenvalue weighted by molar-refractivity contribution is 5.38. The van der Waals surface area contributed by atoms with E-state index in [4.69, 9.17) is 4.74 Å². The van der Waals surface area contributed by atoms with Crippen LogP contribution >= 0.6 is 0 Å². The Hall–Kier alpha value is -0.980. The summed E-state index contributed by atoms with van der Waals surface area (Å²) in [4.78, 5) is 0. The van der Waals surface area contributed by atoms with Gasteiger partial charge in [-0.3, -0.25) is 0 Å². The Morgan fingerprint density at radius 1 is 1.24 bits per heavy atom. The second-order valence-electron chi connectivity index (χ2n) is 5.91. The first-order chi connectivity index (χ1) is 8.24. The molecule has 1 nitrogen and oxygen atoms in total. The second-order valence-corrected chi connectivity index (χ2v) is 5.91. The molecule has 0 radical (unpaired) electrons. The Labute approximate surface area is 104 Å². The molecule has 2 aliphatic carbocycles. The molecule has 0 amide bonds. The molecule has 0 aliphatic heterocycles. The van der Waals surface area contributed by atoms with Crippen LogP contribution in [0.5, 0.6) is 5.75 Å². The zero-order valence-electron chi connectivity index (χ0n) is 10.9. The van der Waals surface area contributed by atoms with E-state index in [-0.39, 0.29) is 0 Å². The molecule has 0 aromatic heterocycles. The monoisotopic (exact) mass is 230 g/mol. The Kier molecular flexibility index (Phi) is 2.85. The predicted octanol–water partition coefficient (Wildman–Crippen LogP) is 4.30. The van der Waals surface area contributed by atoms with Crippen LogP contribution in [0.1, 0.15) is 49.7 Å². The molecule has 2 fully saturated rings. The van der Waals surface area contributed by atoms with Crippen molar-refractivity contribution in [2.75, 3.05) is 6.61 Å². The fourth-order valence-electron chi connectivity index (χ4n) is 2.42. The minimum atomic E-state index is 0.707. The second kappa shape index (κ2) is 4.36. The number of hydrogen-bond donors (Lipinski definition) is 0. The molecule has 1 aromatic rings. The summed E-state index contributed by atoms with van der Waals surface area (Å²) in [5.41, 5.74) is 2.74. The number of hydrogen-bond acceptors (Lipinski definition) is 1. The van der Waals surface area contributed by atoms with Crippen LogP contribution in [-0.2, 0) is 0 Å². The largest absolute Gasteiger partial charge is 0.493 e. The molecule has 92 valence electrons. The Balaban J connectivity index is 1.72. The first-order valence-electron chi connectivity index (χ1n) is 6.97. The van der Waals surface area contributed by atoms with Gasteiger partial charge in [0, 0.05) is 0 Å². The van der Waals surface area contributed by atoms with Crippen LogP contribution in [0.4, 0.5) is 0 Å². The summed E-state index contributed by atoms with van der Waals surface area (Å²) in [6.07, 6.45) is 5.54. The summed E-state index contributed by atoms with van der Waals surface area (Å²) in [7, 11) is 0. The zero-order valence-corrected chi connectivity index (χ0v) is 10.9. The van der Waals surface area contributed by atoms with Crippen molar-refractivity contribution in [1.29, 1.82) is 0 Å². The molecule has 0 unspecified atom stereocenters. The quantitative estimate of drug-likeness (QED) is 0.733. The van der Waals surface area contributed by atoms with Gasteiger partial charge in [-0.15, -0.1) is 0 Å². The number of aryl methyl sites for hydroxylation is 1. The third kappa shape index (κ3) is 2.65. The summed E-state index contributed by atoms with van der Waals surface area (Å²) in [6, 6.07) is 6.78. The third-order valence-electron chi connectivity index (χ3n) is 4.24. The van der Waals surface area contributed by atoms with Crippen LogP contribution in [0, 0.1) is 18.8 Å². The molecule has 0 spiro atoms. The van der Waals surface area contributed by atoms with Gasteiger partial charge in [0.25, 0.3) is 0 Å². The van der Waals surface area contributed by atoms with Crippen molar-refractivity contribution in [2.24, 2.45) is 11.8 Å². The molecule has 0 saturated heterocycles. The number of benzene rings is 1. The van der Waals surface area contributed by atoms with E-state index in [1.54, 1.807) is 0 Å². The van der Waals surface area contributed by atoms with Crippen LogP contribution in [0.15, 0.2) is 18.2 Å². The van der Waals surface area contributed by atoms with E-state index in [9.17, 15) is 0 Å². The molecule has 0 bridgehead atoms. The van der Waals surface area contributed by atoms with Gasteiger partial charge in [0.15, 0.2) is 0 Å². The van der Waals surface area contributed by atoms with E-state index in [2.05, 4.69) is 32.0 Å². The van der Waals surface area contributed by atoms with E-state index >= 15 is 0 Å². The van der Waals surface area contributed by atoms with Crippen LogP contribution in [0.3, 0.4) is 0 Å². The standard InChI is InChI=1S/C16H22O/c1-11-3-6-15(12(2)14-7-8-14)9-16(11)17-10-13-4-5-13/h3,6,9,12-14H,4-5,7-8,10H2,1-2H3/t12-/m1/s1. The van der Waals surface area contributed by atoms with E-state index in [0.29, 0.717) is 5.92 Å². The van der Waals surface area contributed by atoms with E-state index in [1.165, 1.54) is 36.8 Å². The van der Waals surface area contributed by atoms with Crippen LogP contribution in [0.25, 0.3) is 0 Å². The maximum atomic E-state index is 5.95. The molecule has 3 rings (SSSR count). The van der Waals surface area contributed by atoms with Gasteiger partial charge in [-0.2, -0.15) is 0 Å². The van der Waals surface area contributed by atoms with E-state index in [1.807, 2.05) is 0 Å². The fraction of sp³-hybridized carbons (Fsp3) is 0.625. The van der Waals surface area contributed by atoms with Gasteiger partial charge in [0.1, 0.15) is 5.75 Å². The summed E-state index contributed by atoms with van der Waals surface area (Å²) >= 11 is 0. The molecule has 1 atom stereocenters. The first-order valence-corrected chi connectivity index (χ1v) is 6.97. The first kappa shape index (κ1) is 11.1.